The molecule has 2 aromatic heterocycles. The lowest BCUT2D eigenvalue weighted by Crippen LogP contribution is -2.15. The van der Waals surface area contributed by atoms with E-state index in [1.807, 2.05) is 31.2 Å². The van der Waals surface area contributed by atoms with Gasteiger partial charge in [-0.2, -0.15) is 0 Å². The Balaban J connectivity index is 1.77. The van der Waals surface area contributed by atoms with Gasteiger partial charge in [0, 0.05) is 5.69 Å². The molecule has 2 heterocycles. The number of aromatic nitrogens is 2. The van der Waals surface area contributed by atoms with Gasteiger partial charge in [0.25, 0.3) is 10.0 Å². The Kier molecular flexibility index (Phi) is 4.45. The molecule has 8 heteroatoms. The summed E-state index contributed by atoms with van der Waals surface area (Å²) in [5, 5.41) is 6.88. The Bertz CT molecular complexity index is 975. The number of anilines is 3. The standard InChI is InChI=1S/C17H18N4O3S/c1-11-5-4-6-14(9-11)19-15-7-8-16(18-10-15)21-25(22,23)17-12(2)20-24-13(17)3/h4-10,19H,1-3H3,(H,18,21). The van der Waals surface area contributed by atoms with E-state index in [4.69, 9.17) is 4.52 Å². The van der Waals surface area contributed by atoms with Crippen molar-refractivity contribution in [3.8, 4) is 0 Å². The van der Waals surface area contributed by atoms with Crippen molar-refractivity contribution in [2.45, 2.75) is 25.7 Å². The Morgan fingerprint density at radius 2 is 1.84 bits per heavy atom. The van der Waals surface area contributed by atoms with Crippen molar-refractivity contribution < 1.29 is 12.9 Å². The monoisotopic (exact) mass is 358 g/mol. The molecule has 0 radical (unpaired) electrons. The van der Waals surface area contributed by atoms with Crippen molar-refractivity contribution in [2.75, 3.05) is 10.0 Å². The summed E-state index contributed by atoms with van der Waals surface area (Å²) in [4.78, 5) is 4.19. The third kappa shape index (κ3) is 3.80. The lowest BCUT2D eigenvalue weighted by molar-refractivity contribution is 0.390. The van der Waals surface area contributed by atoms with Gasteiger partial charge in [-0.1, -0.05) is 17.3 Å². The molecule has 0 aliphatic heterocycles. The van der Waals surface area contributed by atoms with E-state index in [-0.39, 0.29) is 16.5 Å². The van der Waals surface area contributed by atoms with Crippen LogP contribution in [0.1, 0.15) is 17.0 Å². The summed E-state index contributed by atoms with van der Waals surface area (Å²) in [6, 6.07) is 11.3. The summed E-state index contributed by atoms with van der Waals surface area (Å²) in [7, 11) is -3.80. The second kappa shape index (κ2) is 6.56. The van der Waals surface area contributed by atoms with Crippen LogP contribution in [0.4, 0.5) is 17.2 Å². The van der Waals surface area contributed by atoms with Crippen LogP contribution in [0.3, 0.4) is 0 Å². The molecule has 25 heavy (non-hydrogen) atoms. The number of nitrogens with zero attached hydrogens (tertiary/aromatic N) is 2. The minimum Gasteiger partial charge on any atom is -0.360 e. The Morgan fingerprint density at radius 1 is 1.04 bits per heavy atom. The Morgan fingerprint density at radius 3 is 2.44 bits per heavy atom. The number of rotatable bonds is 5. The van der Waals surface area contributed by atoms with Gasteiger partial charge in [0.2, 0.25) is 0 Å². The van der Waals surface area contributed by atoms with Gasteiger partial charge in [0.1, 0.15) is 11.5 Å². The molecule has 0 saturated heterocycles. The highest BCUT2D eigenvalue weighted by Crippen LogP contribution is 2.23. The topological polar surface area (TPSA) is 97.1 Å². The van der Waals surface area contributed by atoms with Gasteiger partial charge >= 0.3 is 0 Å². The number of nitrogens with one attached hydrogen (secondary N) is 2. The van der Waals surface area contributed by atoms with E-state index in [1.54, 1.807) is 32.2 Å². The number of aryl methyl sites for hydroxylation is 3. The first-order valence-electron chi connectivity index (χ1n) is 7.60. The lowest BCUT2D eigenvalue weighted by Gasteiger charge is -2.09. The third-order valence-electron chi connectivity index (χ3n) is 3.55. The first-order valence-corrected chi connectivity index (χ1v) is 9.09. The van der Waals surface area contributed by atoms with Gasteiger partial charge in [0.05, 0.1) is 11.9 Å². The molecule has 0 amide bonds. The molecule has 7 nitrogen and oxygen atoms in total. The van der Waals surface area contributed by atoms with Crippen LogP contribution in [-0.4, -0.2) is 18.6 Å². The van der Waals surface area contributed by atoms with E-state index >= 15 is 0 Å². The summed E-state index contributed by atoms with van der Waals surface area (Å²) < 4.78 is 32.3. The highest BCUT2D eigenvalue weighted by molar-refractivity contribution is 7.92. The summed E-state index contributed by atoms with van der Waals surface area (Å²) in [5.74, 6) is 0.456. The van der Waals surface area contributed by atoms with Gasteiger partial charge in [-0.25, -0.2) is 13.4 Å². The summed E-state index contributed by atoms with van der Waals surface area (Å²) in [6.45, 7) is 5.14. The molecular formula is C17H18N4O3S. The number of pyridine rings is 1. The van der Waals surface area contributed by atoms with Crippen LogP contribution in [0.15, 0.2) is 52.0 Å². The molecule has 0 bridgehead atoms. The number of hydrogen-bond donors (Lipinski definition) is 2. The van der Waals surface area contributed by atoms with Crippen LogP contribution in [0.5, 0.6) is 0 Å². The zero-order valence-electron chi connectivity index (χ0n) is 14.1. The van der Waals surface area contributed by atoms with Gasteiger partial charge in [-0.15, -0.1) is 0 Å². The molecule has 3 rings (SSSR count). The second-order valence-corrected chi connectivity index (χ2v) is 7.30. The fourth-order valence-corrected chi connectivity index (χ4v) is 3.80. The van der Waals surface area contributed by atoms with Crippen molar-refractivity contribution in [3.63, 3.8) is 0 Å². The van der Waals surface area contributed by atoms with E-state index in [1.165, 1.54) is 0 Å². The third-order valence-corrected chi connectivity index (χ3v) is 5.14. The highest BCUT2D eigenvalue weighted by Gasteiger charge is 2.24. The van der Waals surface area contributed by atoms with Crippen LogP contribution in [0, 0.1) is 20.8 Å². The average molecular weight is 358 g/mol. The van der Waals surface area contributed by atoms with Crippen LogP contribution in [-0.2, 0) is 10.0 Å². The number of benzene rings is 1. The maximum Gasteiger partial charge on any atom is 0.268 e. The van der Waals surface area contributed by atoms with Crippen LogP contribution >= 0.6 is 0 Å². The number of sulfonamides is 1. The predicted octanol–water partition coefficient (Wildman–Crippen LogP) is 3.54. The van der Waals surface area contributed by atoms with Crippen molar-refractivity contribution in [1.29, 1.82) is 0 Å². The minimum atomic E-state index is -3.80. The molecule has 0 fully saturated rings. The minimum absolute atomic E-state index is 0.0382. The first kappa shape index (κ1) is 17.0. The Hall–Kier alpha value is -2.87. The van der Waals surface area contributed by atoms with Crippen molar-refractivity contribution >= 4 is 27.2 Å². The van der Waals surface area contributed by atoms with Crippen molar-refractivity contribution in [1.82, 2.24) is 10.1 Å². The van der Waals surface area contributed by atoms with E-state index < -0.39 is 10.0 Å². The fourth-order valence-electron chi connectivity index (χ4n) is 2.46. The van der Waals surface area contributed by atoms with Crippen molar-refractivity contribution in [2.24, 2.45) is 0 Å². The quantitative estimate of drug-likeness (QED) is 0.724. The Labute approximate surface area is 146 Å². The molecule has 0 atom stereocenters. The lowest BCUT2D eigenvalue weighted by atomic mass is 10.2. The molecule has 130 valence electrons. The van der Waals surface area contributed by atoms with Crippen LogP contribution in [0.2, 0.25) is 0 Å². The summed E-state index contributed by atoms with van der Waals surface area (Å²) in [5.41, 5.74) is 3.14. The van der Waals surface area contributed by atoms with Crippen LogP contribution < -0.4 is 10.0 Å². The second-order valence-electron chi connectivity index (χ2n) is 5.69. The maximum atomic E-state index is 12.5. The van der Waals surface area contributed by atoms with Gasteiger partial charge in [-0.05, 0) is 50.6 Å². The van der Waals surface area contributed by atoms with E-state index in [2.05, 4.69) is 20.2 Å². The van der Waals surface area contributed by atoms with Gasteiger partial charge < -0.3 is 9.84 Å². The molecule has 2 N–H and O–H groups in total. The van der Waals surface area contributed by atoms with E-state index in [0.29, 0.717) is 5.69 Å². The highest BCUT2D eigenvalue weighted by atomic mass is 32.2. The molecule has 0 saturated carbocycles. The molecule has 3 aromatic rings. The SMILES string of the molecule is Cc1cccc(Nc2ccc(NS(=O)(=O)c3c(C)noc3C)nc2)c1. The largest absolute Gasteiger partial charge is 0.360 e. The molecule has 0 aliphatic rings. The summed E-state index contributed by atoms with van der Waals surface area (Å²) >= 11 is 0. The molecule has 0 spiro atoms. The molecule has 0 aliphatic carbocycles. The summed E-state index contributed by atoms with van der Waals surface area (Å²) in [6.07, 6.45) is 1.56. The molecule has 1 aromatic carbocycles. The fraction of sp³-hybridized carbons (Fsp3) is 0.176. The average Bonchev–Trinajstić information content (AvgIpc) is 2.89. The van der Waals surface area contributed by atoms with Gasteiger partial charge in [0.15, 0.2) is 10.7 Å². The molecule has 0 unspecified atom stereocenters. The maximum absolute atomic E-state index is 12.5. The van der Waals surface area contributed by atoms with Crippen molar-refractivity contribution in [3.05, 3.63) is 59.6 Å². The predicted molar refractivity (Wildman–Crippen MR) is 95.5 cm³/mol. The number of hydrogen-bond acceptors (Lipinski definition) is 6. The first-order chi connectivity index (χ1) is 11.8. The smallest absolute Gasteiger partial charge is 0.268 e. The van der Waals surface area contributed by atoms with E-state index in [0.717, 1.165) is 16.9 Å². The zero-order chi connectivity index (χ0) is 18.0. The normalized spacial score (nSPS) is 11.3. The van der Waals surface area contributed by atoms with E-state index in [9.17, 15) is 8.42 Å². The van der Waals surface area contributed by atoms with Crippen LogP contribution in [0.25, 0.3) is 0 Å². The molecular weight excluding hydrogens is 340 g/mol. The van der Waals surface area contributed by atoms with Gasteiger partial charge in [-0.3, -0.25) is 4.72 Å². The zero-order valence-corrected chi connectivity index (χ0v) is 14.9.